The number of hydrogen-bond donors (Lipinski definition) is 2. The molecular weight excluding hydrogens is 370 g/mol. The summed E-state index contributed by atoms with van der Waals surface area (Å²) in [6.45, 7) is 12.9. The Morgan fingerprint density at radius 3 is 2.26 bits per heavy atom. The maximum Gasteiger partial charge on any atom is 0.408 e. The van der Waals surface area contributed by atoms with Crippen LogP contribution >= 0.6 is 0 Å². The summed E-state index contributed by atoms with van der Waals surface area (Å²) in [4.78, 5) is 38.8. The van der Waals surface area contributed by atoms with Crippen molar-refractivity contribution in [2.45, 2.75) is 71.1 Å². The fourth-order valence-electron chi connectivity index (χ4n) is 1.70. The quantitative estimate of drug-likeness (QED) is 0.201. The fourth-order valence-corrected chi connectivity index (χ4v) is 2.42. The maximum atomic E-state index is 12.2. The third-order valence-corrected chi connectivity index (χ3v) is 4.86. The van der Waals surface area contributed by atoms with Crippen molar-refractivity contribution in [2.24, 2.45) is 5.11 Å². The number of carbonyl (C=O) groups is 3. The molecule has 0 unspecified atom stereocenters. The SMILES string of the molecule is C[C@@H](NC(=O)OC(C)(C)C)C(=O)N[C@H](CN=[N+]=[N-])C(=O)OCC[Si](C)(C)C. The lowest BCUT2D eigenvalue weighted by Gasteiger charge is -2.23. The van der Waals surface area contributed by atoms with Crippen LogP contribution in [0.4, 0.5) is 4.79 Å². The van der Waals surface area contributed by atoms with Crippen molar-refractivity contribution in [3.63, 3.8) is 0 Å². The van der Waals surface area contributed by atoms with Crippen LogP contribution in [0.2, 0.25) is 25.7 Å². The van der Waals surface area contributed by atoms with E-state index in [4.69, 9.17) is 15.0 Å². The minimum Gasteiger partial charge on any atom is -0.464 e. The topological polar surface area (TPSA) is 142 Å². The smallest absolute Gasteiger partial charge is 0.408 e. The molecular formula is C16H31N5O5Si. The Morgan fingerprint density at radius 1 is 1.19 bits per heavy atom. The highest BCUT2D eigenvalue weighted by atomic mass is 28.3. The van der Waals surface area contributed by atoms with E-state index in [0.29, 0.717) is 0 Å². The van der Waals surface area contributed by atoms with Gasteiger partial charge in [0.15, 0.2) is 0 Å². The van der Waals surface area contributed by atoms with Crippen molar-refractivity contribution in [3.8, 4) is 0 Å². The number of azide groups is 1. The first-order valence-corrected chi connectivity index (χ1v) is 12.4. The zero-order chi connectivity index (χ0) is 21.3. The molecule has 0 aromatic rings. The molecule has 11 heteroatoms. The van der Waals surface area contributed by atoms with Gasteiger partial charge < -0.3 is 20.1 Å². The van der Waals surface area contributed by atoms with E-state index < -0.39 is 43.7 Å². The van der Waals surface area contributed by atoms with E-state index >= 15 is 0 Å². The third-order valence-electron chi connectivity index (χ3n) is 3.15. The maximum absolute atomic E-state index is 12.2. The summed E-state index contributed by atoms with van der Waals surface area (Å²) in [5.74, 6) is -1.31. The summed E-state index contributed by atoms with van der Waals surface area (Å²) in [5, 5.41) is 8.14. The molecule has 0 bridgehead atoms. The molecule has 0 aliphatic rings. The highest BCUT2D eigenvalue weighted by molar-refractivity contribution is 6.76. The number of ether oxygens (including phenoxy) is 2. The molecule has 0 rings (SSSR count). The van der Waals surface area contributed by atoms with Crippen LogP contribution in [0.1, 0.15) is 27.7 Å². The lowest BCUT2D eigenvalue weighted by molar-refractivity contribution is -0.147. The third kappa shape index (κ3) is 12.7. The molecule has 27 heavy (non-hydrogen) atoms. The van der Waals surface area contributed by atoms with Crippen molar-refractivity contribution in [2.75, 3.05) is 13.2 Å². The normalized spacial score (nSPS) is 13.6. The second-order valence-electron chi connectivity index (χ2n) is 8.32. The number of alkyl carbamates (subject to hydrolysis) is 1. The number of nitrogens with one attached hydrogen (secondary N) is 2. The molecule has 0 radical (unpaired) electrons. The Bertz CT molecular complexity index is 579. The predicted octanol–water partition coefficient (Wildman–Crippen LogP) is 2.58. The van der Waals surface area contributed by atoms with Gasteiger partial charge in [0.1, 0.15) is 17.7 Å². The molecule has 0 heterocycles. The Hall–Kier alpha value is -2.26. The van der Waals surface area contributed by atoms with E-state index in [1.165, 1.54) is 6.92 Å². The summed E-state index contributed by atoms with van der Waals surface area (Å²) in [6.07, 6.45) is -0.755. The highest BCUT2D eigenvalue weighted by Gasteiger charge is 2.27. The van der Waals surface area contributed by atoms with E-state index in [-0.39, 0.29) is 13.2 Å². The number of rotatable bonds is 9. The molecule has 10 nitrogen and oxygen atoms in total. The second kappa shape index (κ2) is 10.8. The van der Waals surface area contributed by atoms with Crippen molar-refractivity contribution in [1.29, 1.82) is 0 Å². The zero-order valence-electron chi connectivity index (χ0n) is 17.2. The first-order valence-electron chi connectivity index (χ1n) is 8.72. The van der Waals surface area contributed by atoms with E-state index in [1.807, 2.05) is 0 Å². The molecule has 0 spiro atoms. The number of esters is 1. The monoisotopic (exact) mass is 401 g/mol. The van der Waals surface area contributed by atoms with Gasteiger partial charge in [-0.05, 0) is 39.3 Å². The molecule has 0 aliphatic heterocycles. The van der Waals surface area contributed by atoms with Gasteiger partial charge in [0.25, 0.3) is 0 Å². The first-order chi connectivity index (χ1) is 12.2. The van der Waals surface area contributed by atoms with Crippen LogP contribution < -0.4 is 10.6 Å². The molecule has 0 aromatic heterocycles. The minimum absolute atomic E-state index is 0.239. The summed E-state index contributed by atoms with van der Waals surface area (Å²) < 4.78 is 10.3. The Labute approximate surface area is 161 Å². The van der Waals surface area contributed by atoms with Crippen molar-refractivity contribution >= 4 is 26.0 Å². The van der Waals surface area contributed by atoms with Crippen molar-refractivity contribution < 1.29 is 23.9 Å². The average molecular weight is 402 g/mol. The zero-order valence-corrected chi connectivity index (χ0v) is 18.2. The van der Waals surface area contributed by atoms with Crippen LogP contribution in [0.15, 0.2) is 5.11 Å². The lowest BCUT2D eigenvalue weighted by Crippen LogP contribution is -2.52. The van der Waals surface area contributed by atoms with Crippen LogP contribution in [-0.4, -0.2) is 56.9 Å². The summed E-state index contributed by atoms with van der Waals surface area (Å²) >= 11 is 0. The van der Waals surface area contributed by atoms with E-state index in [9.17, 15) is 14.4 Å². The minimum atomic E-state index is -1.38. The standard InChI is InChI=1S/C16H31N5O5Si/c1-11(19-15(24)26-16(2,3)4)13(22)20-12(10-18-21-17)14(23)25-8-9-27(5,6)7/h11-12H,8-10H2,1-7H3,(H,19,24)(H,20,22)/t11-,12-/m1/s1. The van der Waals surface area contributed by atoms with Crippen LogP contribution in [0.5, 0.6) is 0 Å². The van der Waals surface area contributed by atoms with Crippen LogP contribution in [0.25, 0.3) is 10.4 Å². The van der Waals surface area contributed by atoms with Crippen molar-refractivity contribution in [3.05, 3.63) is 10.4 Å². The van der Waals surface area contributed by atoms with Crippen LogP contribution in [-0.2, 0) is 19.1 Å². The van der Waals surface area contributed by atoms with Gasteiger partial charge in [0, 0.05) is 13.0 Å². The van der Waals surface area contributed by atoms with E-state index in [2.05, 4.69) is 40.3 Å². The molecule has 0 aromatic carbocycles. The molecule has 2 amide bonds. The molecule has 0 saturated carbocycles. The van der Waals surface area contributed by atoms with Gasteiger partial charge in [-0.15, -0.1) is 0 Å². The molecule has 0 fully saturated rings. The van der Waals surface area contributed by atoms with E-state index in [1.54, 1.807) is 20.8 Å². The largest absolute Gasteiger partial charge is 0.464 e. The molecule has 2 atom stereocenters. The molecule has 2 N–H and O–H groups in total. The van der Waals surface area contributed by atoms with Gasteiger partial charge in [-0.3, -0.25) is 4.79 Å². The summed E-state index contributed by atoms with van der Waals surface area (Å²) in [5.41, 5.74) is 7.77. The number of amides is 2. The van der Waals surface area contributed by atoms with E-state index in [0.717, 1.165) is 6.04 Å². The second-order valence-corrected chi connectivity index (χ2v) is 13.9. The Morgan fingerprint density at radius 2 is 1.78 bits per heavy atom. The number of nitrogens with zero attached hydrogens (tertiary/aromatic N) is 3. The number of hydrogen-bond acceptors (Lipinski definition) is 6. The molecule has 0 aliphatic carbocycles. The van der Waals surface area contributed by atoms with Gasteiger partial charge in [-0.1, -0.05) is 24.8 Å². The Balaban J connectivity index is 4.77. The summed E-state index contributed by atoms with van der Waals surface area (Å²) in [6, 6.07) is -1.31. The average Bonchev–Trinajstić information content (AvgIpc) is 2.47. The molecule has 154 valence electrons. The predicted molar refractivity (Wildman–Crippen MR) is 104 cm³/mol. The van der Waals surface area contributed by atoms with Crippen LogP contribution in [0.3, 0.4) is 0 Å². The van der Waals surface area contributed by atoms with Crippen LogP contribution in [0, 0.1) is 0 Å². The van der Waals surface area contributed by atoms with Gasteiger partial charge in [-0.2, -0.15) is 0 Å². The van der Waals surface area contributed by atoms with Gasteiger partial charge in [0.05, 0.1) is 13.2 Å². The lowest BCUT2D eigenvalue weighted by atomic mass is 10.2. The molecule has 0 saturated heterocycles. The fraction of sp³-hybridized carbons (Fsp3) is 0.812. The van der Waals surface area contributed by atoms with Gasteiger partial charge in [-0.25, -0.2) is 9.59 Å². The van der Waals surface area contributed by atoms with Crippen molar-refractivity contribution in [1.82, 2.24) is 10.6 Å². The highest BCUT2D eigenvalue weighted by Crippen LogP contribution is 2.08. The van der Waals surface area contributed by atoms with Gasteiger partial charge in [0.2, 0.25) is 5.91 Å². The Kier molecular flexibility index (Phi) is 9.88. The summed E-state index contributed by atoms with van der Waals surface area (Å²) in [7, 11) is -1.38. The number of carbonyl (C=O) groups excluding carboxylic acids is 3. The van der Waals surface area contributed by atoms with Gasteiger partial charge >= 0.3 is 12.1 Å². The first kappa shape index (κ1) is 24.7.